The third-order valence-electron chi connectivity index (χ3n) is 1.94. The van der Waals surface area contributed by atoms with Gasteiger partial charge in [-0.2, -0.15) is 0 Å². The Kier molecular flexibility index (Phi) is 3.49. The number of aromatic nitrogens is 2. The van der Waals surface area contributed by atoms with E-state index in [-0.39, 0.29) is 0 Å². The number of fused-ring (bicyclic) bond motifs is 1. The molecular weight excluding hydrogens is 272 g/mol. The molecule has 2 rings (SSSR count). The van der Waals surface area contributed by atoms with Crippen molar-refractivity contribution < 1.29 is 0 Å². The predicted molar refractivity (Wildman–Crippen MR) is 70.3 cm³/mol. The van der Waals surface area contributed by atoms with Gasteiger partial charge in [0.2, 0.25) is 0 Å². The highest BCUT2D eigenvalue weighted by molar-refractivity contribution is 9.11. The number of halogens is 1. The van der Waals surface area contributed by atoms with E-state index in [4.69, 9.17) is 0 Å². The molecule has 1 N–H and O–H groups in total. The maximum Gasteiger partial charge on any atom is 0.117 e. The Morgan fingerprint density at radius 2 is 2.27 bits per heavy atom. The molecule has 0 spiro atoms. The minimum absolute atomic E-state index is 0.888. The van der Waals surface area contributed by atoms with Gasteiger partial charge < -0.3 is 4.98 Å². The summed E-state index contributed by atoms with van der Waals surface area (Å²) in [4.78, 5) is 7.78. The number of imidazole rings is 1. The van der Waals surface area contributed by atoms with Crippen LogP contribution in [-0.4, -0.2) is 15.7 Å². The largest absolute Gasteiger partial charge is 0.341 e. The first-order valence-electron chi connectivity index (χ1n) is 4.60. The van der Waals surface area contributed by atoms with Gasteiger partial charge in [0.05, 0.1) is 16.8 Å². The number of nitrogens with zero attached hydrogens (tertiary/aromatic N) is 1. The topological polar surface area (TPSA) is 28.7 Å². The maximum atomic E-state index is 4.49. The van der Waals surface area contributed by atoms with Crippen molar-refractivity contribution in [2.75, 3.05) is 5.75 Å². The number of nitrogens with one attached hydrogen (secondary N) is 1. The van der Waals surface area contributed by atoms with E-state index < -0.39 is 0 Å². The molecule has 0 bridgehead atoms. The van der Waals surface area contributed by atoms with Crippen LogP contribution < -0.4 is 0 Å². The highest BCUT2D eigenvalue weighted by Gasteiger charge is 2.01. The van der Waals surface area contributed by atoms with Crippen molar-refractivity contribution in [3.8, 4) is 0 Å². The summed E-state index contributed by atoms with van der Waals surface area (Å²) in [5.74, 6) is 2.83. The molecule has 4 heteroatoms. The van der Waals surface area contributed by atoms with Crippen molar-refractivity contribution in [2.24, 2.45) is 0 Å². The quantitative estimate of drug-likeness (QED) is 0.926. The number of hydrogen-bond donors (Lipinski definition) is 1. The summed E-state index contributed by atoms with van der Waals surface area (Å²) >= 11 is 5.13. The van der Waals surface area contributed by atoms with Crippen molar-refractivity contribution in [2.45, 2.75) is 5.75 Å². The van der Waals surface area contributed by atoms with E-state index in [1.54, 1.807) is 11.8 Å². The second-order valence-electron chi connectivity index (χ2n) is 3.21. The highest BCUT2D eigenvalue weighted by atomic mass is 79.9. The zero-order valence-electron chi connectivity index (χ0n) is 8.16. The lowest BCUT2D eigenvalue weighted by atomic mass is 10.3. The van der Waals surface area contributed by atoms with E-state index in [2.05, 4.69) is 32.5 Å². The van der Waals surface area contributed by atoms with Gasteiger partial charge in [0.25, 0.3) is 0 Å². The van der Waals surface area contributed by atoms with E-state index in [1.165, 1.54) is 0 Å². The average Bonchev–Trinajstić information content (AvgIpc) is 2.59. The van der Waals surface area contributed by atoms with Crippen LogP contribution in [0, 0.1) is 0 Å². The number of H-pyrrole nitrogens is 1. The fourth-order valence-corrected chi connectivity index (χ4v) is 2.47. The van der Waals surface area contributed by atoms with Gasteiger partial charge in [0, 0.05) is 5.75 Å². The molecule has 2 nitrogen and oxygen atoms in total. The van der Waals surface area contributed by atoms with Crippen molar-refractivity contribution in [1.29, 1.82) is 0 Å². The van der Waals surface area contributed by atoms with Crippen molar-refractivity contribution in [3.63, 3.8) is 0 Å². The summed E-state index contributed by atoms with van der Waals surface area (Å²) in [7, 11) is 0. The number of thioether (sulfide) groups is 1. The Hall–Kier alpha value is -0.740. The SMILES string of the molecule is C=C(Br)CSCc1nc2ccccc2[nH]1. The smallest absolute Gasteiger partial charge is 0.117 e. The first-order valence-corrected chi connectivity index (χ1v) is 6.55. The lowest BCUT2D eigenvalue weighted by Gasteiger charge is -1.95. The second kappa shape index (κ2) is 4.86. The molecule has 78 valence electrons. The van der Waals surface area contributed by atoms with Gasteiger partial charge in [-0.3, -0.25) is 0 Å². The minimum Gasteiger partial charge on any atom is -0.341 e. The zero-order chi connectivity index (χ0) is 10.7. The fourth-order valence-electron chi connectivity index (χ4n) is 1.33. The lowest BCUT2D eigenvalue weighted by molar-refractivity contribution is 1.14. The van der Waals surface area contributed by atoms with Crippen LogP contribution in [-0.2, 0) is 5.75 Å². The first kappa shape index (κ1) is 10.8. The van der Waals surface area contributed by atoms with E-state index in [1.807, 2.05) is 24.3 Å². The molecule has 15 heavy (non-hydrogen) atoms. The fraction of sp³-hybridized carbons (Fsp3) is 0.182. The van der Waals surface area contributed by atoms with Crippen LogP contribution in [0.3, 0.4) is 0 Å². The Morgan fingerprint density at radius 3 is 3.00 bits per heavy atom. The molecule has 1 heterocycles. The number of benzene rings is 1. The van der Waals surface area contributed by atoms with Crippen LogP contribution in [0.5, 0.6) is 0 Å². The van der Waals surface area contributed by atoms with Crippen molar-refractivity contribution in [3.05, 3.63) is 41.2 Å². The molecule has 2 aromatic rings. The molecule has 0 unspecified atom stereocenters. The van der Waals surface area contributed by atoms with Crippen LogP contribution >= 0.6 is 27.7 Å². The molecule has 1 aromatic carbocycles. The first-order chi connectivity index (χ1) is 7.25. The summed E-state index contributed by atoms with van der Waals surface area (Å²) in [5, 5.41) is 0. The molecular formula is C11H11BrN2S. The summed E-state index contributed by atoms with van der Waals surface area (Å²) in [6.45, 7) is 3.79. The number of para-hydroxylation sites is 2. The molecule has 0 amide bonds. The Morgan fingerprint density at radius 1 is 1.47 bits per heavy atom. The van der Waals surface area contributed by atoms with Crippen molar-refractivity contribution in [1.82, 2.24) is 9.97 Å². The third-order valence-corrected chi connectivity index (χ3v) is 3.62. The van der Waals surface area contributed by atoms with Crippen LogP contribution in [0.1, 0.15) is 5.82 Å². The van der Waals surface area contributed by atoms with Gasteiger partial charge in [-0.1, -0.05) is 34.6 Å². The summed E-state index contributed by atoms with van der Waals surface area (Å²) in [6, 6.07) is 8.07. The zero-order valence-corrected chi connectivity index (χ0v) is 10.6. The van der Waals surface area contributed by atoms with Gasteiger partial charge >= 0.3 is 0 Å². The molecule has 0 radical (unpaired) electrons. The summed E-state index contributed by atoms with van der Waals surface area (Å²) in [5.41, 5.74) is 2.14. The third kappa shape index (κ3) is 2.86. The normalized spacial score (nSPS) is 10.7. The monoisotopic (exact) mass is 282 g/mol. The predicted octanol–water partition coefficient (Wildman–Crippen LogP) is 3.70. The Bertz CT molecular complexity index is 445. The molecule has 0 aliphatic rings. The molecule has 0 fully saturated rings. The van der Waals surface area contributed by atoms with Gasteiger partial charge in [-0.15, -0.1) is 11.8 Å². The lowest BCUT2D eigenvalue weighted by Crippen LogP contribution is -1.84. The van der Waals surface area contributed by atoms with E-state index in [0.29, 0.717) is 0 Å². The van der Waals surface area contributed by atoms with Crippen molar-refractivity contribution >= 4 is 38.7 Å². The molecule has 1 aromatic heterocycles. The van der Waals surface area contributed by atoms with E-state index >= 15 is 0 Å². The second-order valence-corrected chi connectivity index (χ2v) is 5.32. The average molecular weight is 283 g/mol. The summed E-state index contributed by atoms with van der Waals surface area (Å²) < 4.78 is 1.02. The van der Waals surface area contributed by atoms with Crippen LogP contribution in [0.25, 0.3) is 11.0 Å². The number of rotatable bonds is 4. The summed E-state index contributed by atoms with van der Waals surface area (Å²) in [6.07, 6.45) is 0. The van der Waals surface area contributed by atoms with Crippen LogP contribution in [0.2, 0.25) is 0 Å². The molecule has 0 aliphatic carbocycles. The van der Waals surface area contributed by atoms with Gasteiger partial charge in [-0.05, 0) is 16.6 Å². The number of hydrogen-bond acceptors (Lipinski definition) is 2. The molecule has 0 aliphatic heterocycles. The standard InChI is InChI=1S/C11H11BrN2S/c1-8(12)6-15-7-11-13-9-4-2-3-5-10(9)14-11/h2-5H,1,6-7H2,(H,13,14). The van der Waals surface area contributed by atoms with E-state index in [9.17, 15) is 0 Å². The highest BCUT2D eigenvalue weighted by Crippen LogP contribution is 2.18. The van der Waals surface area contributed by atoms with Crippen LogP contribution in [0.4, 0.5) is 0 Å². The van der Waals surface area contributed by atoms with Gasteiger partial charge in [0.15, 0.2) is 0 Å². The Labute approximate surface area is 101 Å². The molecule has 0 saturated carbocycles. The van der Waals surface area contributed by atoms with Crippen LogP contribution in [0.15, 0.2) is 35.3 Å². The van der Waals surface area contributed by atoms with Gasteiger partial charge in [-0.25, -0.2) is 4.98 Å². The van der Waals surface area contributed by atoms with E-state index in [0.717, 1.165) is 32.8 Å². The maximum absolute atomic E-state index is 4.49. The molecule has 0 atom stereocenters. The molecule has 0 saturated heterocycles. The Balaban J connectivity index is 2.05. The number of aromatic amines is 1. The van der Waals surface area contributed by atoms with Gasteiger partial charge in [0.1, 0.15) is 5.82 Å². The minimum atomic E-state index is 0.888.